The average molecular weight is 510 g/mol. The van der Waals surface area contributed by atoms with E-state index in [1.165, 1.54) is 0 Å². The maximum atomic E-state index is 13.0. The van der Waals surface area contributed by atoms with Crippen molar-refractivity contribution in [1.82, 2.24) is 24.4 Å². The van der Waals surface area contributed by atoms with Crippen molar-refractivity contribution in [3.05, 3.63) is 54.2 Å². The maximum Gasteiger partial charge on any atom is 0.139 e. The van der Waals surface area contributed by atoms with Gasteiger partial charge in [0.2, 0.25) is 0 Å². The number of carbonyl (C=O) groups excluding carboxylic acids is 1. The monoisotopic (exact) mass is 509 g/mol. The van der Waals surface area contributed by atoms with Gasteiger partial charge in [-0.15, -0.1) is 0 Å². The normalized spacial score (nSPS) is 15.2. The molecule has 0 atom stereocenters. The number of hydrogen-bond donors (Lipinski definition) is 0. The van der Waals surface area contributed by atoms with Gasteiger partial charge in [0.1, 0.15) is 17.7 Å². The molecule has 0 aliphatic carbocycles. The molecule has 0 radical (unpaired) electrons. The molecule has 4 aromatic heterocycles. The molecule has 1 fully saturated rings. The summed E-state index contributed by atoms with van der Waals surface area (Å²) in [5, 5.41) is 18.7. The summed E-state index contributed by atoms with van der Waals surface area (Å²) < 4.78 is 3.57. The highest BCUT2D eigenvalue weighted by Gasteiger charge is 2.39. The van der Waals surface area contributed by atoms with Gasteiger partial charge in [-0.1, -0.05) is 20.8 Å². The van der Waals surface area contributed by atoms with Crippen molar-refractivity contribution in [2.45, 2.75) is 53.4 Å². The molecule has 8 heteroatoms. The smallest absolute Gasteiger partial charge is 0.139 e. The summed E-state index contributed by atoms with van der Waals surface area (Å²) in [5.74, 6) is 1.72. The van der Waals surface area contributed by atoms with Crippen molar-refractivity contribution in [2.24, 2.45) is 18.4 Å². The standard InChI is InChI=1S/C30H35N7O/c1-6-30(27(38)13-20(2)3)9-11-36(12-10-30)28-8-7-22(16-32-28)25-14-23(26-19-35(5)34-21(26)4)18-37-29(25)24(15-31)17-33-37/h7-8,14,16-20H,6,9-13H2,1-5H3. The first-order chi connectivity index (χ1) is 18.2. The van der Waals surface area contributed by atoms with Crippen LogP contribution < -0.4 is 4.90 Å². The molecule has 1 aliphatic rings. The Morgan fingerprint density at radius 1 is 1.13 bits per heavy atom. The number of nitrogens with zero attached hydrogens (tertiary/aromatic N) is 7. The Morgan fingerprint density at radius 2 is 1.89 bits per heavy atom. The quantitative estimate of drug-likeness (QED) is 0.323. The van der Waals surface area contributed by atoms with Gasteiger partial charge in [-0.25, -0.2) is 9.50 Å². The summed E-state index contributed by atoms with van der Waals surface area (Å²) in [5.41, 5.74) is 5.85. The van der Waals surface area contributed by atoms with Gasteiger partial charge in [-0.2, -0.15) is 15.5 Å². The summed E-state index contributed by atoms with van der Waals surface area (Å²) in [6.07, 6.45) is 10.7. The fourth-order valence-electron chi connectivity index (χ4n) is 5.77. The summed E-state index contributed by atoms with van der Waals surface area (Å²) in [4.78, 5) is 20.1. The fourth-order valence-corrected chi connectivity index (χ4v) is 5.77. The van der Waals surface area contributed by atoms with Crippen LogP contribution >= 0.6 is 0 Å². The number of pyridine rings is 2. The highest BCUT2D eigenvalue weighted by Crippen LogP contribution is 2.39. The number of hydrogen-bond acceptors (Lipinski definition) is 6. The lowest BCUT2D eigenvalue weighted by Crippen LogP contribution is -2.44. The minimum atomic E-state index is -0.202. The van der Waals surface area contributed by atoms with E-state index in [1.807, 2.05) is 38.6 Å². The number of carbonyl (C=O) groups is 1. The van der Waals surface area contributed by atoms with E-state index < -0.39 is 0 Å². The number of aromatic nitrogens is 5. The third kappa shape index (κ3) is 4.58. The molecule has 196 valence electrons. The van der Waals surface area contributed by atoms with E-state index in [4.69, 9.17) is 4.98 Å². The molecule has 0 aromatic carbocycles. The predicted molar refractivity (Wildman–Crippen MR) is 149 cm³/mol. The second kappa shape index (κ2) is 10.1. The molecule has 0 N–H and O–H groups in total. The molecule has 0 bridgehead atoms. The number of nitriles is 1. The number of anilines is 1. The molecular formula is C30H35N7O. The van der Waals surface area contributed by atoms with Gasteiger partial charge < -0.3 is 4.90 Å². The van der Waals surface area contributed by atoms with E-state index in [2.05, 4.69) is 54.1 Å². The van der Waals surface area contributed by atoms with Crippen LogP contribution in [0.1, 0.15) is 57.7 Å². The number of rotatable bonds is 7. The van der Waals surface area contributed by atoms with Gasteiger partial charge in [0, 0.05) is 72.8 Å². The minimum Gasteiger partial charge on any atom is -0.357 e. The van der Waals surface area contributed by atoms with Crippen molar-refractivity contribution < 1.29 is 4.79 Å². The van der Waals surface area contributed by atoms with Crippen molar-refractivity contribution in [3.8, 4) is 28.3 Å². The van der Waals surface area contributed by atoms with Crippen molar-refractivity contribution >= 4 is 17.1 Å². The molecule has 5 rings (SSSR count). The number of fused-ring (bicyclic) bond motifs is 1. The number of ketones is 1. The summed E-state index contributed by atoms with van der Waals surface area (Å²) >= 11 is 0. The largest absolute Gasteiger partial charge is 0.357 e. The van der Waals surface area contributed by atoms with Gasteiger partial charge in [0.25, 0.3) is 0 Å². The molecule has 0 spiro atoms. The topological polar surface area (TPSA) is 92.1 Å². The average Bonchev–Trinajstić information content (AvgIpc) is 3.49. The highest BCUT2D eigenvalue weighted by atomic mass is 16.1. The Bertz CT molecular complexity index is 1510. The van der Waals surface area contributed by atoms with Gasteiger partial charge in [0.15, 0.2) is 0 Å². The van der Waals surface area contributed by atoms with Crippen LogP contribution in [0.25, 0.3) is 27.8 Å². The first-order valence-corrected chi connectivity index (χ1v) is 13.4. The van der Waals surface area contributed by atoms with Gasteiger partial charge in [-0.3, -0.25) is 9.48 Å². The van der Waals surface area contributed by atoms with Crippen LogP contribution in [0.2, 0.25) is 0 Å². The molecule has 1 saturated heterocycles. The predicted octanol–water partition coefficient (Wildman–Crippen LogP) is 5.59. The minimum absolute atomic E-state index is 0.202. The van der Waals surface area contributed by atoms with Gasteiger partial charge >= 0.3 is 0 Å². The zero-order valence-corrected chi connectivity index (χ0v) is 22.9. The van der Waals surface area contributed by atoms with Crippen LogP contribution in [0.4, 0.5) is 5.82 Å². The Labute approximate surface area is 223 Å². The molecule has 0 amide bonds. The highest BCUT2D eigenvalue weighted by molar-refractivity contribution is 5.88. The second-order valence-corrected chi connectivity index (χ2v) is 11.0. The van der Waals surface area contributed by atoms with Gasteiger partial charge in [-0.05, 0) is 50.3 Å². The SMILES string of the molecule is CCC1(C(=O)CC(C)C)CCN(c2ccc(-c3cc(-c4cn(C)nc4C)cn4ncc(C#N)c34)cn2)CC1. The van der Waals surface area contributed by atoms with E-state index in [0.717, 1.165) is 71.6 Å². The van der Waals surface area contributed by atoms with E-state index in [1.54, 1.807) is 15.4 Å². The van der Waals surface area contributed by atoms with E-state index >= 15 is 0 Å². The Kier molecular flexibility index (Phi) is 6.78. The Morgan fingerprint density at radius 3 is 2.47 bits per heavy atom. The number of aryl methyl sites for hydroxylation is 2. The van der Waals surface area contributed by atoms with Crippen LogP contribution in [0.3, 0.4) is 0 Å². The van der Waals surface area contributed by atoms with Crippen molar-refractivity contribution in [1.29, 1.82) is 5.26 Å². The first kappa shape index (κ1) is 25.7. The molecular weight excluding hydrogens is 474 g/mol. The summed E-state index contributed by atoms with van der Waals surface area (Å²) in [6, 6.07) is 8.48. The summed E-state index contributed by atoms with van der Waals surface area (Å²) in [6.45, 7) is 10.0. The van der Waals surface area contributed by atoms with Crippen LogP contribution in [-0.2, 0) is 11.8 Å². The Hall–Kier alpha value is -3.99. The summed E-state index contributed by atoms with van der Waals surface area (Å²) in [7, 11) is 1.91. The molecule has 0 unspecified atom stereocenters. The third-order valence-corrected chi connectivity index (χ3v) is 8.02. The Balaban J connectivity index is 1.44. The first-order valence-electron chi connectivity index (χ1n) is 13.4. The van der Waals surface area contributed by atoms with E-state index in [0.29, 0.717) is 23.7 Å². The van der Waals surface area contributed by atoms with Crippen LogP contribution in [0.5, 0.6) is 0 Å². The number of Topliss-reactive ketones (excluding diaryl/α,β-unsaturated/α-hetero) is 1. The maximum absolute atomic E-state index is 13.0. The van der Waals surface area contributed by atoms with Crippen LogP contribution in [0, 0.1) is 29.6 Å². The zero-order valence-electron chi connectivity index (χ0n) is 22.9. The third-order valence-electron chi connectivity index (χ3n) is 8.02. The van der Waals surface area contributed by atoms with E-state index in [9.17, 15) is 10.1 Å². The molecule has 5 heterocycles. The lowest BCUT2D eigenvalue weighted by atomic mass is 9.71. The lowest BCUT2D eigenvalue weighted by Gasteiger charge is -2.41. The zero-order chi connectivity index (χ0) is 27.0. The van der Waals surface area contributed by atoms with Crippen LogP contribution in [0.15, 0.2) is 43.0 Å². The molecule has 38 heavy (non-hydrogen) atoms. The molecule has 0 saturated carbocycles. The lowest BCUT2D eigenvalue weighted by molar-refractivity contribution is -0.131. The molecule has 8 nitrogen and oxygen atoms in total. The van der Waals surface area contributed by atoms with Crippen LogP contribution in [-0.4, -0.2) is 43.3 Å². The van der Waals surface area contributed by atoms with Crippen molar-refractivity contribution in [2.75, 3.05) is 18.0 Å². The van der Waals surface area contributed by atoms with Crippen molar-refractivity contribution in [3.63, 3.8) is 0 Å². The number of piperidine rings is 1. The molecule has 4 aromatic rings. The fraction of sp³-hybridized carbons (Fsp3) is 0.433. The second-order valence-electron chi connectivity index (χ2n) is 11.0. The van der Waals surface area contributed by atoms with E-state index in [-0.39, 0.29) is 5.41 Å². The molecule has 1 aliphatic heterocycles. The van der Waals surface area contributed by atoms with Gasteiger partial charge in [0.05, 0.1) is 23.0 Å².